The molecule has 0 heterocycles. The van der Waals surface area contributed by atoms with Gasteiger partial charge in [0, 0.05) is 10.6 Å². The van der Waals surface area contributed by atoms with E-state index in [-0.39, 0.29) is 27.8 Å². The van der Waals surface area contributed by atoms with Gasteiger partial charge in [0.2, 0.25) is 10.0 Å². The van der Waals surface area contributed by atoms with Crippen molar-refractivity contribution in [3.63, 3.8) is 0 Å². The number of aliphatic hydroxyl groups excluding tert-OH is 1. The lowest BCUT2D eigenvalue weighted by Crippen LogP contribution is -2.14. The van der Waals surface area contributed by atoms with Gasteiger partial charge in [-0.25, -0.2) is 13.6 Å². The summed E-state index contributed by atoms with van der Waals surface area (Å²) in [4.78, 5) is -0.235. The Bertz CT molecular complexity index is 472. The molecule has 3 N–H and O–H groups in total. The van der Waals surface area contributed by atoms with Gasteiger partial charge in [-0.15, -0.1) is 0 Å². The van der Waals surface area contributed by atoms with Gasteiger partial charge in [-0.2, -0.15) is 0 Å². The summed E-state index contributed by atoms with van der Waals surface area (Å²) in [5.41, 5.74) is 0.272. The van der Waals surface area contributed by atoms with Crippen LogP contribution >= 0.6 is 11.6 Å². The molecule has 0 aromatic heterocycles. The second-order valence-corrected chi connectivity index (χ2v) is 4.77. The van der Waals surface area contributed by atoms with Gasteiger partial charge < -0.3 is 9.84 Å². The molecule has 0 radical (unpaired) electrons. The molecule has 15 heavy (non-hydrogen) atoms. The van der Waals surface area contributed by atoms with Crippen molar-refractivity contribution in [2.75, 3.05) is 7.11 Å². The maximum absolute atomic E-state index is 11.2. The van der Waals surface area contributed by atoms with E-state index < -0.39 is 10.0 Å². The van der Waals surface area contributed by atoms with Crippen molar-refractivity contribution >= 4 is 21.6 Å². The first-order chi connectivity index (χ1) is 6.90. The summed E-state index contributed by atoms with van der Waals surface area (Å²) < 4.78 is 27.3. The maximum atomic E-state index is 11.2. The zero-order chi connectivity index (χ0) is 11.6. The van der Waals surface area contributed by atoms with Crippen molar-refractivity contribution in [1.82, 2.24) is 0 Å². The number of methoxy groups -OCH3 is 1. The van der Waals surface area contributed by atoms with E-state index in [4.69, 9.17) is 26.6 Å². The fourth-order valence-electron chi connectivity index (χ4n) is 1.18. The predicted octanol–water partition coefficient (Wildman–Crippen LogP) is 0.488. The molecule has 0 bridgehead atoms. The van der Waals surface area contributed by atoms with E-state index in [0.29, 0.717) is 0 Å². The molecule has 84 valence electrons. The Balaban J connectivity index is 3.57. The van der Waals surface area contributed by atoms with Crippen LogP contribution < -0.4 is 9.88 Å². The highest BCUT2D eigenvalue weighted by molar-refractivity contribution is 7.89. The molecule has 0 aliphatic rings. The van der Waals surface area contributed by atoms with Crippen LogP contribution in [0.3, 0.4) is 0 Å². The third-order valence-electron chi connectivity index (χ3n) is 1.78. The monoisotopic (exact) mass is 251 g/mol. The molecule has 0 unspecified atom stereocenters. The average Bonchev–Trinajstić information content (AvgIpc) is 2.15. The van der Waals surface area contributed by atoms with Gasteiger partial charge >= 0.3 is 0 Å². The van der Waals surface area contributed by atoms with Crippen molar-refractivity contribution < 1.29 is 18.3 Å². The fraction of sp³-hybridized carbons (Fsp3) is 0.250. The van der Waals surface area contributed by atoms with Gasteiger partial charge in [-0.3, -0.25) is 0 Å². The van der Waals surface area contributed by atoms with E-state index >= 15 is 0 Å². The first-order valence-electron chi connectivity index (χ1n) is 3.90. The summed E-state index contributed by atoms with van der Waals surface area (Å²) in [6, 6.07) is 2.59. The molecule has 5 nitrogen and oxygen atoms in total. The molecule has 0 aliphatic carbocycles. The van der Waals surface area contributed by atoms with Crippen molar-refractivity contribution in [3.8, 4) is 5.75 Å². The quantitative estimate of drug-likeness (QED) is 0.818. The van der Waals surface area contributed by atoms with Crippen LogP contribution in [-0.2, 0) is 16.6 Å². The van der Waals surface area contributed by atoms with E-state index in [2.05, 4.69) is 0 Å². The molecular formula is C8H10ClNO4S. The van der Waals surface area contributed by atoms with Gasteiger partial charge in [-0.05, 0) is 12.1 Å². The number of hydrogen-bond acceptors (Lipinski definition) is 4. The molecule has 0 aliphatic heterocycles. The number of benzene rings is 1. The molecule has 7 heteroatoms. The summed E-state index contributed by atoms with van der Waals surface area (Å²) in [6.45, 7) is -0.383. The van der Waals surface area contributed by atoms with Crippen LogP contribution in [0.5, 0.6) is 5.75 Å². The van der Waals surface area contributed by atoms with Crippen LogP contribution in [0.2, 0.25) is 5.02 Å². The summed E-state index contributed by atoms with van der Waals surface area (Å²) in [5.74, 6) is 0.0180. The van der Waals surface area contributed by atoms with Crippen LogP contribution in [0, 0.1) is 0 Å². The van der Waals surface area contributed by atoms with Crippen LogP contribution in [-0.4, -0.2) is 20.6 Å². The second-order valence-electron chi connectivity index (χ2n) is 2.80. The molecule has 1 aromatic rings. The Morgan fingerprint density at radius 3 is 2.53 bits per heavy atom. The minimum atomic E-state index is -3.92. The van der Waals surface area contributed by atoms with Crippen molar-refractivity contribution in [2.45, 2.75) is 11.5 Å². The Kier molecular flexibility index (Phi) is 3.56. The SMILES string of the molecule is COc1c(CO)cc(Cl)cc1S(N)(=O)=O. The third kappa shape index (κ3) is 2.60. The van der Waals surface area contributed by atoms with Crippen molar-refractivity contribution in [2.24, 2.45) is 5.14 Å². The number of aliphatic hydroxyl groups is 1. The predicted molar refractivity (Wildman–Crippen MR) is 55.3 cm³/mol. The minimum absolute atomic E-state index is 0.0180. The van der Waals surface area contributed by atoms with E-state index in [0.717, 1.165) is 0 Å². The van der Waals surface area contributed by atoms with Crippen molar-refractivity contribution in [1.29, 1.82) is 0 Å². The number of halogens is 1. The third-order valence-corrected chi connectivity index (χ3v) is 2.91. The van der Waals surface area contributed by atoms with Gasteiger partial charge in [-0.1, -0.05) is 11.6 Å². The fourth-order valence-corrected chi connectivity index (χ4v) is 2.25. The van der Waals surface area contributed by atoms with E-state index in [9.17, 15) is 8.42 Å². The number of ether oxygens (including phenoxy) is 1. The smallest absolute Gasteiger partial charge is 0.241 e. The second kappa shape index (κ2) is 4.36. The Labute approximate surface area is 92.5 Å². The molecule has 0 saturated carbocycles. The number of sulfonamides is 1. The molecular weight excluding hydrogens is 242 g/mol. The first kappa shape index (κ1) is 12.3. The Morgan fingerprint density at radius 2 is 2.13 bits per heavy atom. The zero-order valence-corrected chi connectivity index (χ0v) is 9.47. The lowest BCUT2D eigenvalue weighted by molar-refractivity contribution is 0.272. The molecule has 0 amide bonds. The molecule has 0 fully saturated rings. The lowest BCUT2D eigenvalue weighted by atomic mass is 10.2. The summed E-state index contributed by atoms with van der Waals surface area (Å²) in [6.07, 6.45) is 0. The molecule has 1 aromatic carbocycles. The maximum Gasteiger partial charge on any atom is 0.241 e. The number of primary sulfonamides is 1. The van der Waals surface area contributed by atoms with E-state index in [1.807, 2.05) is 0 Å². The summed E-state index contributed by atoms with van der Waals surface area (Å²) in [5, 5.41) is 14.1. The minimum Gasteiger partial charge on any atom is -0.495 e. The van der Waals surface area contributed by atoms with Crippen LogP contribution in [0.1, 0.15) is 5.56 Å². The normalized spacial score (nSPS) is 11.5. The van der Waals surface area contributed by atoms with Gasteiger partial charge in [0.15, 0.2) is 0 Å². The Hall–Kier alpha value is -0.820. The summed E-state index contributed by atoms with van der Waals surface area (Å²) >= 11 is 5.68. The molecule has 1 rings (SSSR count). The highest BCUT2D eigenvalue weighted by Crippen LogP contribution is 2.30. The lowest BCUT2D eigenvalue weighted by Gasteiger charge is -2.11. The molecule has 0 spiro atoms. The first-order valence-corrected chi connectivity index (χ1v) is 5.82. The Morgan fingerprint density at radius 1 is 1.53 bits per heavy atom. The van der Waals surface area contributed by atoms with Crippen molar-refractivity contribution in [3.05, 3.63) is 22.7 Å². The van der Waals surface area contributed by atoms with Gasteiger partial charge in [0.25, 0.3) is 0 Å². The molecule has 0 saturated heterocycles. The standard InChI is InChI=1S/C8H10ClNO4S/c1-14-8-5(4-11)2-6(9)3-7(8)15(10,12)13/h2-3,11H,4H2,1H3,(H2,10,12,13). The van der Waals surface area contributed by atoms with E-state index in [1.165, 1.54) is 19.2 Å². The van der Waals surface area contributed by atoms with Crippen LogP contribution in [0.15, 0.2) is 17.0 Å². The average molecular weight is 252 g/mol. The zero-order valence-electron chi connectivity index (χ0n) is 7.90. The highest BCUT2D eigenvalue weighted by Gasteiger charge is 2.19. The largest absolute Gasteiger partial charge is 0.495 e. The number of rotatable bonds is 3. The van der Waals surface area contributed by atoms with Crippen LogP contribution in [0.25, 0.3) is 0 Å². The van der Waals surface area contributed by atoms with Gasteiger partial charge in [0.1, 0.15) is 10.6 Å². The van der Waals surface area contributed by atoms with Gasteiger partial charge in [0.05, 0.1) is 13.7 Å². The molecule has 0 atom stereocenters. The topological polar surface area (TPSA) is 89.6 Å². The van der Waals surface area contributed by atoms with E-state index in [1.54, 1.807) is 0 Å². The number of nitrogens with two attached hydrogens (primary N) is 1. The summed E-state index contributed by atoms with van der Waals surface area (Å²) in [7, 11) is -2.63. The van der Waals surface area contributed by atoms with Crippen LogP contribution in [0.4, 0.5) is 0 Å². The number of hydrogen-bond donors (Lipinski definition) is 2. The highest BCUT2D eigenvalue weighted by atomic mass is 35.5.